The van der Waals surface area contributed by atoms with E-state index in [0.29, 0.717) is 5.78 Å². The van der Waals surface area contributed by atoms with Gasteiger partial charge >= 0.3 is 0 Å². The maximum Gasteiger partial charge on any atom is 0.132 e. The van der Waals surface area contributed by atoms with E-state index in [1.165, 1.54) is 25.7 Å². The summed E-state index contributed by atoms with van der Waals surface area (Å²) in [6, 6.07) is 0. The van der Waals surface area contributed by atoms with E-state index in [4.69, 9.17) is 0 Å². The molecule has 0 amide bonds. The molecule has 1 aliphatic rings. The van der Waals surface area contributed by atoms with Crippen molar-refractivity contribution >= 4 is 21.7 Å². The average molecular weight is 247 g/mol. The molecule has 2 heteroatoms. The molecule has 0 atom stereocenters. The van der Waals surface area contributed by atoms with Gasteiger partial charge in [0.1, 0.15) is 5.78 Å². The minimum atomic E-state index is 0.464. The van der Waals surface area contributed by atoms with Crippen molar-refractivity contribution in [1.29, 1.82) is 0 Å². The lowest BCUT2D eigenvalue weighted by molar-refractivity contribution is -0.119. The van der Waals surface area contributed by atoms with E-state index in [2.05, 4.69) is 15.9 Å². The lowest BCUT2D eigenvalue weighted by Crippen LogP contribution is -2.02. The molecule has 0 N–H and O–H groups in total. The second-order valence-corrected chi connectivity index (χ2v) is 4.81. The smallest absolute Gasteiger partial charge is 0.132 e. The van der Waals surface area contributed by atoms with Crippen molar-refractivity contribution in [2.45, 2.75) is 51.4 Å². The largest absolute Gasteiger partial charge is 0.300 e. The molecule has 0 heterocycles. The van der Waals surface area contributed by atoms with Crippen LogP contribution < -0.4 is 0 Å². The number of ketones is 1. The third kappa shape index (κ3) is 4.80. The summed E-state index contributed by atoms with van der Waals surface area (Å²) in [5.41, 5.74) is 0. The van der Waals surface area contributed by atoms with Gasteiger partial charge in [-0.05, 0) is 18.8 Å². The normalized spacial score (nSPS) is 17.9. The van der Waals surface area contributed by atoms with Crippen molar-refractivity contribution in [3.05, 3.63) is 0 Å². The molecule has 0 radical (unpaired) electrons. The highest BCUT2D eigenvalue weighted by molar-refractivity contribution is 9.09. The van der Waals surface area contributed by atoms with Crippen LogP contribution in [0.2, 0.25) is 0 Å². The van der Waals surface area contributed by atoms with Crippen LogP contribution in [0.1, 0.15) is 51.4 Å². The molecule has 1 saturated carbocycles. The molecule has 0 aromatic heterocycles. The predicted octanol–water partition coefficient (Wildman–Crippen LogP) is 3.70. The van der Waals surface area contributed by atoms with Crippen LogP contribution in [0.3, 0.4) is 0 Å². The highest BCUT2D eigenvalue weighted by Crippen LogP contribution is 2.28. The molecular weight excluding hydrogens is 228 g/mol. The lowest BCUT2D eigenvalue weighted by Gasteiger charge is -2.06. The van der Waals surface area contributed by atoms with Gasteiger partial charge < -0.3 is 0 Å². The number of rotatable bonds is 6. The number of Topliss-reactive ketones (excluding diaryl/α,β-unsaturated/α-hetero) is 1. The Morgan fingerprint density at radius 3 is 2.54 bits per heavy atom. The first-order valence-electron chi connectivity index (χ1n) is 5.40. The zero-order chi connectivity index (χ0) is 9.52. The standard InChI is InChI=1S/C11H19BrO/c12-9-3-6-11(13)8-7-10-4-1-2-5-10/h10H,1-9H2. The molecule has 0 aliphatic heterocycles. The number of carbonyl (C=O) groups excluding carboxylic acids is 1. The van der Waals surface area contributed by atoms with Gasteiger partial charge in [-0.3, -0.25) is 4.79 Å². The molecule has 0 spiro atoms. The van der Waals surface area contributed by atoms with Gasteiger partial charge in [-0.15, -0.1) is 0 Å². The SMILES string of the molecule is O=C(CCCBr)CCC1CCCC1. The van der Waals surface area contributed by atoms with Gasteiger partial charge in [-0.2, -0.15) is 0 Å². The fourth-order valence-corrected chi connectivity index (χ4v) is 2.33. The first-order valence-corrected chi connectivity index (χ1v) is 6.52. The average Bonchev–Trinajstić information content (AvgIpc) is 2.64. The van der Waals surface area contributed by atoms with Gasteiger partial charge in [0.25, 0.3) is 0 Å². The van der Waals surface area contributed by atoms with Crippen molar-refractivity contribution in [1.82, 2.24) is 0 Å². The zero-order valence-corrected chi connectivity index (χ0v) is 9.81. The van der Waals surface area contributed by atoms with Crippen LogP contribution in [0.25, 0.3) is 0 Å². The molecule has 1 nitrogen and oxygen atoms in total. The summed E-state index contributed by atoms with van der Waals surface area (Å²) in [4.78, 5) is 11.3. The van der Waals surface area contributed by atoms with Gasteiger partial charge in [0.2, 0.25) is 0 Å². The summed E-state index contributed by atoms with van der Waals surface area (Å²) < 4.78 is 0. The van der Waals surface area contributed by atoms with Gasteiger partial charge in [-0.25, -0.2) is 0 Å². The van der Waals surface area contributed by atoms with Crippen molar-refractivity contribution in [2.24, 2.45) is 5.92 Å². The molecular formula is C11H19BrO. The molecule has 0 aromatic carbocycles. The Labute approximate surface area is 89.4 Å². The fourth-order valence-electron chi connectivity index (χ4n) is 2.05. The predicted molar refractivity (Wildman–Crippen MR) is 59.2 cm³/mol. The first-order chi connectivity index (χ1) is 6.33. The highest BCUT2D eigenvalue weighted by atomic mass is 79.9. The van der Waals surface area contributed by atoms with Crippen LogP contribution in [0, 0.1) is 5.92 Å². The fraction of sp³-hybridized carbons (Fsp3) is 0.909. The van der Waals surface area contributed by atoms with Gasteiger partial charge in [0, 0.05) is 18.2 Å². The molecule has 0 unspecified atom stereocenters. The van der Waals surface area contributed by atoms with Gasteiger partial charge in [0.05, 0.1) is 0 Å². The number of carbonyl (C=O) groups is 1. The Kier molecular flexibility index (Phi) is 5.68. The highest BCUT2D eigenvalue weighted by Gasteiger charge is 2.15. The molecule has 13 heavy (non-hydrogen) atoms. The lowest BCUT2D eigenvalue weighted by atomic mass is 9.99. The quantitative estimate of drug-likeness (QED) is 0.654. The summed E-state index contributed by atoms with van der Waals surface area (Å²) in [5, 5.41) is 0.960. The number of hydrogen-bond donors (Lipinski definition) is 0. The van der Waals surface area contributed by atoms with E-state index in [1.807, 2.05) is 0 Å². The van der Waals surface area contributed by atoms with Gasteiger partial charge in [0.15, 0.2) is 0 Å². The van der Waals surface area contributed by atoms with Crippen LogP contribution in [0.4, 0.5) is 0 Å². The summed E-state index contributed by atoms with van der Waals surface area (Å²) in [6.07, 6.45) is 9.28. The number of halogens is 1. The minimum absolute atomic E-state index is 0.464. The Morgan fingerprint density at radius 2 is 1.92 bits per heavy atom. The van der Waals surface area contributed by atoms with Crippen LogP contribution >= 0.6 is 15.9 Å². The van der Waals surface area contributed by atoms with Crippen LogP contribution in [0.5, 0.6) is 0 Å². The number of alkyl halides is 1. The van der Waals surface area contributed by atoms with E-state index >= 15 is 0 Å². The van der Waals surface area contributed by atoms with E-state index < -0.39 is 0 Å². The molecule has 0 aromatic rings. The second-order valence-electron chi connectivity index (χ2n) is 4.02. The van der Waals surface area contributed by atoms with Crippen LogP contribution in [-0.4, -0.2) is 11.1 Å². The molecule has 0 bridgehead atoms. The third-order valence-electron chi connectivity index (χ3n) is 2.90. The molecule has 76 valence electrons. The third-order valence-corrected chi connectivity index (χ3v) is 3.46. The topological polar surface area (TPSA) is 17.1 Å². The van der Waals surface area contributed by atoms with E-state index in [-0.39, 0.29) is 0 Å². The second kappa shape index (κ2) is 6.58. The van der Waals surface area contributed by atoms with Crippen molar-refractivity contribution in [3.8, 4) is 0 Å². The minimum Gasteiger partial charge on any atom is -0.300 e. The molecule has 1 fully saturated rings. The van der Waals surface area contributed by atoms with Crippen molar-refractivity contribution in [3.63, 3.8) is 0 Å². The first kappa shape index (κ1) is 11.2. The summed E-state index contributed by atoms with van der Waals surface area (Å²) in [7, 11) is 0. The maximum absolute atomic E-state index is 11.3. The Bertz CT molecular complexity index is 150. The molecule has 1 aliphatic carbocycles. The Hall–Kier alpha value is 0.150. The van der Waals surface area contributed by atoms with E-state index in [1.54, 1.807) is 0 Å². The Balaban J connectivity index is 2.00. The summed E-state index contributed by atoms with van der Waals surface area (Å²) >= 11 is 3.34. The van der Waals surface area contributed by atoms with Gasteiger partial charge in [-0.1, -0.05) is 41.6 Å². The van der Waals surface area contributed by atoms with Crippen molar-refractivity contribution < 1.29 is 4.79 Å². The van der Waals surface area contributed by atoms with Crippen molar-refractivity contribution in [2.75, 3.05) is 5.33 Å². The van der Waals surface area contributed by atoms with Crippen LogP contribution in [0.15, 0.2) is 0 Å². The summed E-state index contributed by atoms with van der Waals surface area (Å²) in [6.45, 7) is 0. The van der Waals surface area contributed by atoms with E-state index in [9.17, 15) is 4.79 Å². The molecule has 0 saturated heterocycles. The zero-order valence-electron chi connectivity index (χ0n) is 8.23. The maximum atomic E-state index is 11.3. The number of hydrogen-bond acceptors (Lipinski definition) is 1. The monoisotopic (exact) mass is 246 g/mol. The van der Waals surface area contributed by atoms with E-state index in [0.717, 1.165) is 36.9 Å². The molecule has 1 rings (SSSR count). The van der Waals surface area contributed by atoms with Crippen LogP contribution in [-0.2, 0) is 4.79 Å². The Morgan fingerprint density at radius 1 is 1.23 bits per heavy atom. The summed E-state index contributed by atoms with van der Waals surface area (Å²) in [5.74, 6) is 1.33.